The summed E-state index contributed by atoms with van der Waals surface area (Å²) >= 11 is 0. The second-order valence-electron chi connectivity index (χ2n) is 6.15. The third-order valence-corrected chi connectivity index (χ3v) is 3.57. The molecule has 0 fully saturated rings. The fraction of sp³-hybridized carbons (Fsp3) is 0.611. The van der Waals surface area contributed by atoms with Gasteiger partial charge in [-0.05, 0) is 50.3 Å². The number of hydrogen-bond donors (Lipinski definition) is 1. The van der Waals surface area contributed by atoms with E-state index in [9.17, 15) is 4.79 Å². The molecule has 3 nitrogen and oxygen atoms in total. The van der Waals surface area contributed by atoms with Crippen molar-refractivity contribution in [2.45, 2.75) is 72.4 Å². The zero-order valence-electron chi connectivity index (χ0n) is 14.2. The lowest BCUT2D eigenvalue weighted by molar-refractivity contribution is -0.127. The fourth-order valence-electron chi connectivity index (χ4n) is 2.33. The maximum absolute atomic E-state index is 12.2. The van der Waals surface area contributed by atoms with E-state index in [0.717, 1.165) is 29.7 Å². The van der Waals surface area contributed by atoms with E-state index < -0.39 is 6.10 Å². The van der Waals surface area contributed by atoms with Gasteiger partial charge in [0.15, 0.2) is 6.10 Å². The largest absolute Gasteiger partial charge is 0.481 e. The molecule has 0 heterocycles. The summed E-state index contributed by atoms with van der Waals surface area (Å²) in [5, 5.41) is 3.00. The van der Waals surface area contributed by atoms with E-state index in [0.29, 0.717) is 5.92 Å². The Morgan fingerprint density at radius 1 is 1.24 bits per heavy atom. The van der Waals surface area contributed by atoms with Crippen LogP contribution in [-0.2, 0) is 4.79 Å². The Morgan fingerprint density at radius 2 is 1.90 bits per heavy atom. The Labute approximate surface area is 129 Å². The third kappa shape index (κ3) is 5.41. The Bertz CT molecular complexity index is 468. The van der Waals surface area contributed by atoms with Gasteiger partial charge in [-0.1, -0.05) is 39.3 Å². The zero-order chi connectivity index (χ0) is 16.0. The van der Waals surface area contributed by atoms with Crippen LogP contribution in [0.15, 0.2) is 18.2 Å². The number of aryl methyl sites for hydroxylation is 1. The van der Waals surface area contributed by atoms with Crippen LogP contribution in [0.25, 0.3) is 0 Å². The standard InChI is InChI=1S/C18H29NO2/c1-7-8-14(5)19-18(20)15(6)21-17-11-13(4)9-10-16(17)12(2)3/h9-12,14-15H,7-8H2,1-6H3,(H,19,20). The smallest absolute Gasteiger partial charge is 0.260 e. The molecule has 0 aliphatic rings. The molecule has 0 spiro atoms. The van der Waals surface area contributed by atoms with Gasteiger partial charge in [0.05, 0.1) is 0 Å². The summed E-state index contributed by atoms with van der Waals surface area (Å²) in [5.41, 5.74) is 2.28. The number of carbonyl (C=O) groups excluding carboxylic acids is 1. The average molecular weight is 291 g/mol. The highest BCUT2D eigenvalue weighted by Crippen LogP contribution is 2.28. The molecule has 1 N–H and O–H groups in total. The first-order valence-electron chi connectivity index (χ1n) is 7.92. The van der Waals surface area contributed by atoms with Crippen LogP contribution in [0.5, 0.6) is 5.75 Å². The third-order valence-electron chi connectivity index (χ3n) is 3.57. The maximum atomic E-state index is 12.2. The molecule has 0 radical (unpaired) electrons. The molecule has 1 amide bonds. The monoisotopic (exact) mass is 291 g/mol. The second-order valence-corrected chi connectivity index (χ2v) is 6.15. The van der Waals surface area contributed by atoms with Crippen molar-refractivity contribution in [1.29, 1.82) is 0 Å². The van der Waals surface area contributed by atoms with Gasteiger partial charge in [0, 0.05) is 6.04 Å². The SMILES string of the molecule is CCCC(C)NC(=O)C(C)Oc1cc(C)ccc1C(C)C. The predicted octanol–water partition coefficient (Wildman–Crippen LogP) is 4.19. The lowest BCUT2D eigenvalue weighted by Crippen LogP contribution is -2.41. The Balaban J connectivity index is 2.76. The minimum absolute atomic E-state index is 0.0489. The number of ether oxygens (including phenoxy) is 1. The van der Waals surface area contributed by atoms with E-state index in [1.54, 1.807) is 6.92 Å². The summed E-state index contributed by atoms with van der Waals surface area (Å²) < 4.78 is 5.92. The van der Waals surface area contributed by atoms with E-state index in [4.69, 9.17) is 4.74 Å². The number of amides is 1. The molecule has 0 aliphatic heterocycles. The summed E-state index contributed by atoms with van der Waals surface area (Å²) in [7, 11) is 0. The number of carbonyl (C=O) groups is 1. The summed E-state index contributed by atoms with van der Waals surface area (Å²) in [6, 6.07) is 6.36. The highest BCUT2D eigenvalue weighted by Gasteiger charge is 2.18. The molecule has 21 heavy (non-hydrogen) atoms. The molecule has 0 aliphatic carbocycles. The average Bonchev–Trinajstić information content (AvgIpc) is 2.38. The van der Waals surface area contributed by atoms with Crippen molar-refractivity contribution in [3.8, 4) is 5.75 Å². The Morgan fingerprint density at radius 3 is 2.48 bits per heavy atom. The van der Waals surface area contributed by atoms with Crippen LogP contribution in [0, 0.1) is 6.92 Å². The fourth-order valence-corrected chi connectivity index (χ4v) is 2.33. The molecule has 2 unspecified atom stereocenters. The second kappa shape index (κ2) is 8.06. The molecule has 0 aromatic heterocycles. The van der Waals surface area contributed by atoms with Crippen LogP contribution in [-0.4, -0.2) is 18.1 Å². The molecule has 0 saturated carbocycles. The van der Waals surface area contributed by atoms with Crippen LogP contribution in [0.4, 0.5) is 0 Å². The first-order chi connectivity index (χ1) is 9.85. The number of hydrogen-bond acceptors (Lipinski definition) is 2. The van der Waals surface area contributed by atoms with E-state index >= 15 is 0 Å². The maximum Gasteiger partial charge on any atom is 0.260 e. The van der Waals surface area contributed by atoms with Crippen molar-refractivity contribution < 1.29 is 9.53 Å². The van der Waals surface area contributed by atoms with E-state index in [1.165, 1.54) is 0 Å². The molecule has 2 atom stereocenters. The van der Waals surface area contributed by atoms with Crippen molar-refractivity contribution in [2.24, 2.45) is 0 Å². The first-order valence-corrected chi connectivity index (χ1v) is 7.92. The summed E-state index contributed by atoms with van der Waals surface area (Å²) in [4.78, 5) is 12.2. The van der Waals surface area contributed by atoms with E-state index in [2.05, 4.69) is 38.2 Å². The number of benzene rings is 1. The molecule has 1 rings (SSSR count). The summed E-state index contributed by atoms with van der Waals surface area (Å²) in [6.45, 7) is 12.2. The number of rotatable bonds is 7. The molecular weight excluding hydrogens is 262 g/mol. The van der Waals surface area contributed by atoms with Crippen molar-refractivity contribution in [1.82, 2.24) is 5.32 Å². The Kier molecular flexibility index (Phi) is 6.73. The molecule has 1 aromatic carbocycles. The molecule has 0 saturated heterocycles. The van der Waals surface area contributed by atoms with Gasteiger partial charge in [-0.2, -0.15) is 0 Å². The normalized spacial score (nSPS) is 13.9. The van der Waals surface area contributed by atoms with Gasteiger partial charge in [0.25, 0.3) is 5.91 Å². The van der Waals surface area contributed by atoms with Crippen LogP contribution in [0.2, 0.25) is 0 Å². The molecule has 3 heteroatoms. The molecule has 0 bridgehead atoms. The van der Waals surface area contributed by atoms with Gasteiger partial charge in [-0.15, -0.1) is 0 Å². The van der Waals surface area contributed by atoms with Crippen LogP contribution >= 0.6 is 0 Å². The first kappa shape index (κ1) is 17.5. The van der Waals surface area contributed by atoms with E-state index in [-0.39, 0.29) is 11.9 Å². The quantitative estimate of drug-likeness (QED) is 0.818. The van der Waals surface area contributed by atoms with Crippen molar-refractivity contribution >= 4 is 5.91 Å². The van der Waals surface area contributed by atoms with Crippen molar-refractivity contribution in [3.63, 3.8) is 0 Å². The topological polar surface area (TPSA) is 38.3 Å². The number of nitrogens with one attached hydrogen (secondary N) is 1. The molecule has 118 valence electrons. The van der Waals surface area contributed by atoms with E-state index in [1.807, 2.05) is 19.9 Å². The van der Waals surface area contributed by atoms with Crippen LogP contribution in [0.3, 0.4) is 0 Å². The minimum Gasteiger partial charge on any atom is -0.481 e. The van der Waals surface area contributed by atoms with Crippen LogP contribution in [0.1, 0.15) is 64.5 Å². The van der Waals surface area contributed by atoms with Crippen LogP contribution < -0.4 is 10.1 Å². The van der Waals surface area contributed by atoms with Gasteiger partial charge in [0.2, 0.25) is 0 Å². The highest BCUT2D eigenvalue weighted by atomic mass is 16.5. The van der Waals surface area contributed by atoms with Gasteiger partial charge in [-0.3, -0.25) is 4.79 Å². The lowest BCUT2D eigenvalue weighted by Gasteiger charge is -2.21. The van der Waals surface area contributed by atoms with Gasteiger partial charge in [0.1, 0.15) is 5.75 Å². The summed E-state index contributed by atoms with van der Waals surface area (Å²) in [6.07, 6.45) is 1.57. The molecular formula is C18H29NO2. The zero-order valence-corrected chi connectivity index (χ0v) is 14.2. The highest BCUT2D eigenvalue weighted by molar-refractivity contribution is 5.81. The van der Waals surface area contributed by atoms with Gasteiger partial charge >= 0.3 is 0 Å². The minimum atomic E-state index is -0.483. The van der Waals surface area contributed by atoms with Gasteiger partial charge < -0.3 is 10.1 Å². The predicted molar refractivity (Wildman–Crippen MR) is 87.9 cm³/mol. The molecule has 1 aromatic rings. The Hall–Kier alpha value is -1.51. The summed E-state index contributed by atoms with van der Waals surface area (Å²) in [5.74, 6) is 1.14. The lowest BCUT2D eigenvalue weighted by atomic mass is 10.0. The van der Waals surface area contributed by atoms with Crippen molar-refractivity contribution in [3.05, 3.63) is 29.3 Å². The van der Waals surface area contributed by atoms with Crippen molar-refractivity contribution in [2.75, 3.05) is 0 Å². The van der Waals surface area contributed by atoms with Gasteiger partial charge in [-0.25, -0.2) is 0 Å².